The lowest BCUT2D eigenvalue weighted by Gasteiger charge is -2.11. The molecule has 0 saturated heterocycles. The van der Waals surface area contributed by atoms with Gasteiger partial charge in [-0.1, -0.05) is 46.3 Å². The molecule has 2 aromatic carbocycles. The first-order chi connectivity index (χ1) is 9.38. The van der Waals surface area contributed by atoms with Crippen molar-refractivity contribution in [1.29, 1.82) is 0 Å². The van der Waals surface area contributed by atoms with Crippen LogP contribution in [0, 0.1) is 0 Å². The van der Waals surface area contributed by atoms with Crippen molar-refractivity contribution in [3.05, 3.63) is 58.5 Å². The normalized spacial score (nSPS) is 10.8. The summed E-state index contributed by atoms with van der Waals surface area (Å²) >= 11 is 5.17. The molecule has 2 nitrogen and oxygen atoms in total. The maximum absolute atomic E-state index is 5.90. The Morgan fingerprint density at radius 2 is 2.05 bits per heavy atom. The van der Waals surface area contributed by atoms with Gasteiger partial charge in [-0.2, -0.15) is 0 Å². The summed E-state index contributed by atoms with van der Waals surface area (Å²) in [5.74, 6) is 0.922. The highest BCUT2D eigenvalue weighted by atomic mass is 79.9. The summed E-state index contributed by atoms with van der Waals surface area (Å²) in [6, 6.07) is 12.5. The lowest BCUT2D eigenvalue weighted by Crippen LogP contribution is -1.98. The van der Waals surface area contributed by atoms with Crippen molar-refractivity contribution in [1.82, 2.24) is 4.98 Å². The molecule has 0 spiro atoms. The second-order valence-electron chi connectivity index (χ2n) is 4.11. The molecule has 0 atom stereocenters. The number of ether oxygens (including phenoxy) is 1. The van der Waals surface area contributed by atoms with E-state index in [1.807, 2.05) is 11.4 Å². The Labute approximate surface area is 124 Å². The lowest BCUT2D eigenvalue weighted by molar-refractivity contribution is 0.304. The van der Waals surface area contributed by atoms with Gasteiger partial charge < -0.3 is 4.74 Å². The molecule has 0 N–H and O–H groups in total. The van der Waals surface area contributed by atoms with Crippen LogP contribution < -0.4 is 4.74 Å². The number of benzene rings is 2. The average Bonchev–Trinajstić information content (AvgIpc) is 2.97. The number of fused-ring (bicyclic) bond motifs is 1. The SMILES string of the molecule is BrCc1c(OCc2nccs2)ccc2ccccc12. The number of hydrogen-bond acceptors (Lipinski definition) is 3. The average molecular weight is 334 g/mol. The molecule has 0 aliphatic carbocycles. The van der Waals surface area contributed by atoms with E-state index in [0.29, 0.717) is 6.61 Å². The molecule has 1 aromatic heterocycles. The van der Waals surface area contributed by atoms with Gasteiger partial charge in [-0.25, -0.2) is 4.98 Å². The molecule has 0 bridgehead atoms. The molecule has 0 saturated carbocycles. The first-order valence-electron chi connectivity index (χ1n) is 5.96. The van der Waals surface area contributed by atoms with E-state index in [1.54, 1.807) is 17.5 Å². The first kappa shape index (κ1) is 12.6. The van der Waals surface area contributed by atoms with Crippen LogP contribution in [-0.4, -0.2) is 4.98 Å². The number of alkyl halides is 1. The van der Waals surface area contributed by atoms with Crippen molar-refractivity contribution in [3.63, 3.8) is 0 Å². The van der Waals surface area contributed by atoms with Crippen LogP contribution >= 0.6 is 27.3 Å². The number of halogens is 1. The van der Waals surface area contributed by atoms with E-state index in [2.05, 4.69) is 51.2 Å². The van der Waals surface area contributed by atoms with E-state index in [-0.39, 0.29) is 0 Å². The zero-order valence-corrected chi connectivity index (χ0v) is 12.6. The maximum atomic E-state index is 5.90. The molecule has 3 rings (SSSR count). The Balaban J connectivity index is 1.94. The van der Waals surface area contributed by atoms with Crippen molar-refractivity contribution in [2.45, 2.75) is 11.9 Å². The molecule has 3 aromatic rings. The van der Waals surface area contributed by atoms with Crippen molar-refractivity contribution in [3.8, 4) is 5.75 Å². The topological polar surface area (TPSA) is 22.1 Å². The second-order valence-corrected chi connectivity index (χ2v) is 5.65. The van der Waals surface area contributed by atoms with E-state index in [1.165, 1.54) is 16.3 Å². The van der Waals surface area contributed by atoms with Crippen LogP contribution in [-0.2, 0) is 11.9 Å². The zero-order chi connectivity index (χ0) is 13.1. The van der Waals surface area contributed by atoms with E-state index in [0.717, 1.165) is 16.1 Å². The Morgan fingerprint density at radius 1 is 1.16 bits per heavy atom. The predicted molar refractivity (Wildman–Crippen MR) is 83.0 cm³/mol. The van der Waals surface area contributed by atoms with Gasteiger partial charge in [-0.15, -0.1) is 11.3 Å². The van der Waals surface area contributed by atoms with Crippen molar-refractivity contribution >= 4 is 38.0 Å². The van der Waals surface area contributed by atoms with Gasteiger partial charge in [0.1, 0.15) is 17.4 Å². The Hall–Kier alpha value is -1.39. The van der Waals surface area contributed by atoms with Gasteiger partial charge in [0.2, 0.25) is 0 Å². The van der Waals surface area contributed by atoms with Crippen molar-refractivity contribution in [2.24, 2.45) is 0 Å². The van der Waals surface area contributed by atoms with Crippen molar-refractivity contribution in [2.75, 3.05) is 0 Å². The summed E-state index contributed by atoms with van der Waals surface area (Å²) in [4.78, 5) is 4.23. The zero-order valence-electron chi connectivity index (χ0n) is 10.2. The van der Waals surface area contributed by atoms with Crippen LogP contribution in [0.4, 0.5) is 0 Å². The van der Waals surface area contributed by atoms with Gasteiger partial charge in [-0.05, 0) is 16.8 Å². The third-order valence-electron chi connectivity index (χ3n) is 2.97. The molecule has 0 amide bonds. The number of hydrogen-bond donors (Lipinski definition) is 0. The minimum absolute atomic E-state index is 0.524. The molecular weight excluding hydrogens is 322 g/mol. The third-order valence-corrected chi connectivity index (χ3v) is 4.28. The minimum Gasteiger partial charge on any atom is -0.486 e. The van der Waals surface area contributed by atoms with Gasteiger partial charge >= 0.3 is 0 Å². The smallest absolute Gasteiger partial charge is 0.140 e. The quantitative estimate of drug-likeness (QED) is 0.641. The van der Waals surface area contributed by atoms with E-state index < -0.39 is 0 Å². The largest absolute Gasteiger partial charge is 0.486 e. The summed E-state index contributed by atoms with van der Waals surface area (Å²) in [5.41, 5.74) is 1.19. The number of rotatable bonds is 4. The summed E-state index contributed by atoms with van der Waals surface area (Å²) in [6.07, 6.45) is 1.80. The molecule has 0 fully saturated rings. The molecule has 0 aliphatic rings. The fraction of sp³-hybridized carbons (Fsp3) is 0.133. The van der Waals surface area contributed by atoms with E-state index in [9.17, 15) is 0 Å². The number of thiazole rings is 1. The number of nitrogens with zero attached hydrogens (tertiary/aromatic N) is 1. The highest BCUT2D eigenvalue weighted by molar-refractivity contribution is 9.08. The molecule has 0 unspecified atom stereocenters. The maximum Gasteiger partial charge on any atom is 0.140 e. The molecule has 0 aliphatic heterocycles. The molecule has 0 radical (unpaired) electrons. The van der Waals surface area contributed by atoms with Crippen LogP contribution in [0.5, 0.6) is 5.75 Å². The lowest BCUT2D eigenvalue weighted by atomic mass is 10.0. The Kier molecular flexibility index (Phi) is 3.80. The number of aromatic nitrogens is 1. The molecule has 19 heavy (non-hydrogen) atoms. The standard InChI is InChI=1S/C15H12BrNOS/c16-9-13-12-4-2-1-3-11(12)5-6-14(13)18-10-15-17-7-8-19-15/h1-8H,9-10H2. The summed E-state index contributed by atoms with van der Waals surface area (Å²) in [7, 11) is 0. The molecule has 4 heteroatoms. The Bertz CT molecular complexity index is 682. The third kappa shape index (κ3) is 2.65. The van der Waals surface area contributed by atoms with Gasteiger partial charge in [-0.3, -0.25) is 0 Å². The minimum atomic E-state index is 0.524. The fourth-order valence-corrected chi connectivity index (χ4v) is 3.16. The second kappa shape index (κ2) is 5.72. The highest BCUT2D eigenvalue weighted by Gasteiger charge is 2.08. The first-order valence-corrected chi connectivity index (χ1v) is 7.96. The predicted octanol–water partition coefficient (Wildman–Crippen LogP) is 4.77. The molecule has 96 valence electrons. The summed E-state index contributed by atoms with van der Waals surface area (Å²) in [5, 5.41) is 6.20. The van der Waals surface area contributed by atoms with Gasteiger partial charge in [0, 0.05) is 22.5 Å². The van der Waals surface area contributed by atoms with E-state index in [4.69, 9.17) is 4.74 Å². The van der Waals surface area contributed by atoms with E-state index >= 15 is 0 Å². The Morgan fingerprint density at radius 3 is 2.84 bits per heavy atom. The van der Waals surface area contributed by atoms with Gasteiger partial charge in [0.05, 0.1) is 0 Å². The van der Waals surface area contributed by atoms with Crippen LogP contribution in [0.2, 0.25) is 0 Å². The van der Waals surface area contributed by atoms with Crippen LogP contribution in [0.3, 0.4) is 0 Å². The van der Waals surface area contributed by atoms with Gasteiger partial charge in [0.15, 0.2) is 0 Å². The van der Waals surface area contributed by atoms with Crippen LogP contribution in [0.15, 0.2) is 48.0 Å². The van der Waals surface area contributed by atoms with Gasteiger partial charge in [0.25, 0.3) is 0 Å². The fourth-order valence-electron chi connectivity index (χ4n) is 2.05. The highest BCUT2D eigenvalue weighted by Crippen LogP contribution is 2.30. The van der Waals surface area contributed by atoms with Crippen LogP contribution in [0.1, 0.15) is 10.6 Å². The van der Waals surface area contributed by atoms with Crippen molar-refractivity contribution < 1.29 is 4.74 Å². The summed E-state index contributed by atoms with van der Waals surface area (Å²) in [6.45, 7) is 0.524. The van der Waals surface area contributed by atoms with Crippen LogP contribution in [0.25, 0.3) is 10.8 Å². The molecular formula is C15H12BrNOS. The molecule has 1 heterocycles. The summed E-state index contributed by atoms with van der Waals surface area (Å²) < 4.78 is 5.90. The monoisotopic (exact) mass is 333 g/mol.